The van der Waals surface area contributed by atoms with E-state index in [-0.39, 0.29) is 21.2 Å². The van der Waals surface area contributed by atoms with Crippen molar-refractivity contribution in [2.24, 2.45) is 5.73 Å². The van der Waals surface area contributed by atoms with Crippen LogP contribution in [0, 0.1) is 5.82 Å². The fraction of sp³-hybridized carbons (Fsp3) is 0.391. The van der Waals surface area contributed by atoms with Gasteiger partial charge in [-0.25, -0.2) is 4.39 Å². The minimum absolute atomic E-state index is 0.00104. The molecule has 5 nitrogen and oxygen atoms in total. The topological polar surface area (TPSA) is 66.6 Å². The van der Waals surface area contributed by atoms with Crippen LogP contribution in [0.15, 0.2) is 54.6 Å². The second kappa shape index (κ2) is 10.5. The Labute approximate surface area is 193 Å². The number of likely N-dealkylation sites (tertiary alicyclic amines) is 1. The van der Waals surface area contributed by atoms with E-state index in [1.54, 1.807) is 4.90 Å². The van der Waals surface area contributed by atoms with Gasteiger partial charge in [-0.05, 0) is 0 Å². The molecule has 30 heavy (non-hydrogen) atoms. The number of aryl methyl sites for hydroxylation is 1. The van der Waals surface area contributed by atoms with Crippen molar-refractivity contribution in [2.75, 3.05) is 20.1 Å². The summed E-state index contributed by atoms with van der Waals surface area (Å²) in [7, 11) is 2.02. The molecule has 0 aromatic heterocycles. The van der Waals surface area contributed by atoms with E-state index in [1.165, 1.54) is 12.1 Å². The minimum atomic E-state index is -0.554. The van der Waals surface area contributed by atoms with Crippen molar-refractivity contribution < 1.29 is 14.0 Å². The Morgan fingerprint density at radius 2 is 1.87 bits per heavy atom. The Bertz CT molecular complexity index is 863. The number of benzene rings is 2. The van der Waals surface area contributed by atoms with E-state index in [9.17, 15) is 14.0 Å². The number of likely N-dealkylation sites (N-methyl/N-ethyl adjacent to an activating group) is 1. The predicted octanol–water partition coefficient (Wildman–Crippen LogP) is 2.05. The molecule has 2 amide bonds. The summed E-state index contributed by atoms with van der Waals surface area (Å²) in [6.07, 6.45) is 2.34. The van der Waals surface area contributed by atoms with Gasteiger partial charge in [0.1, 0.15) is 5.82 Å². The molecule has 2 aromatic carbocycles. The van der Waals surface area contributed by atoms with Crippen LogP contribution in [0.25, 0.3) is 0 Å². The molecule has 2 aromatic rings. The van der Waals surface area contributed by atoms with Gasteiger partial charge in [0, 0.05) is 0 Å². The second-order valence-electron chi connectivity index (χ2n) is 7.85. The first kappa shape index (κ1) is 22.9. The molecule has 0 bridgehead atoms. The predicted molar refractivity (Wildman–Crippen MR) is 115 cm³/mol. The third kappa shape index (κ3) is 5.66. The summed E-state index contributed by atoms with van der Waals surface area (Å²) in [5, 5.41) is 0. The number of carbonyl (C=O) groups is 2. The molecule has 1 aliphatic heterocycles. The van der Waals surface area contributed by atoms with Gasteiger partial charge in [0.15, 0.2) is 0 Å². The third-order valence-corrected chi connectivity index (χ3v) is 8.04. The van der Waals surface area contributed by atoms with Gasteiger partial charge in [-0.2, -0.15) is 0 Å². The number of primary amides is 1. The molecule has 3 radical (unpaired) electrons. The second-order valence-corrected chi connectivity index (χ2v) is 10.1. The standard InChI is InChI=1S/C23H27FN3O2.Pb/c1-26(13-5-8-17-9-11-19(24)12-10-17)20-15-21(23(25)29)27(16-20)22(28)14-18-6-3-2-4-7-18;/h2-4,6-7,9-12,14,20-21H,5,8,13,15-16H2,1H3,(H2,25,29);. The Kier molecular flexibility index (Phi) is 7.99. The average Bonchev–Trinajstić information content (AvgIpc) is 3.20. The van der Waals surface area contributed by atoms with Crippen molar-refractivity contribution in [2.45, 2.75) is 34.8 Å². The van der Waals surface area contributed by atoms with Crippen LogP contribution >= 0.6 is 0 Å². The van der Waals surface area contributed by atoms with Crippen LogP contribution in [0.2, 0.25) is 0 Å². The molecular weight excluding hydrogens is 576 g/mol. The molecule has 3 rings (SSSR count). The van der Waals surface area contributed by atoms with E-state index in [0.29, 0.717) is 38.7 Å². The molecule has 0 saturated carbocycles. The van der Waals surface area contributed by atoms with Gasteiger partial charge in [0.2, 0.25) is 0 Å². The summed E-state index contributed by atoms with van der Waals surface area (Å²) in [6.45, 7) is 1.35. The van der Waals surface area contributed by atoms with Crippen LogP contribution < -0.4 is 5.73 Å². The Balaban J connectivity index is 1.59. The van der Waals surface area contributed by atoms with E-state index in [4.69, 9.17) is 5.73 Å². The molecule has 1 heterocycles. The van der Waals surface area contributed by atoms with Crippen LogP contribution in [0.1, 0.15) is 27.4 Å². The summed E-state index contributed by atoms with van der Waals surface area (Å²) in [5.41, 5.74) is 7.74. The number of rotatable bonds is 8. The molecule has 157 valence electrons. The molecular formula is C23H27FN3O2Pb. The molecule has 1 fully saturated rings. The molecule has 2 N–H and O–H groups in total. The molecule has 7 heteroatoms. The van der Waals surface area contributed by atoms with Crippen molar-refractivity contribution in [3.8, 4) is 0 Å². The van der Waals surface area contributed by atoms with E-state index in [1.807, 2.05) is 49.5 Å². The van der Waals surface area contributed by atoms with E-state index < -0.39 is 11.9 Å². The number of carbonyl (C=O) groups excluding carboxylic acids is 2. The van der Waals surface area contributed by atoms with Gasteiger partial charge in [-0.3, -0.25) is 0 Å². The maximum absolute atomic E-state index is 13.2. The summed E-state index contributed by atoms with van der Waals surface area (Å²) >= 11 is 0.675. The van der Waals surface area contributed by atoms with Crippen LogP contribution in [-0.4, -0.2) is 79.6 Å². The molecule has 1 aliphatic rings. The Morgan fingerprint density at radius 3 is 2.50 bits per heavy atom. The number of hydrogen-bond donors (Lipinski definition) is 1. The van der Waals surface area contributed by atoms with Crippen LogP contribution in [0.3, 0.4) is 0 Å². The zero-order valence-corrected chi connectivity index (χ0v) is 21.0. The van der Waals surface area contributed by atoms with Gasteiger partial charge in [0.25, 0.3) is 0 Å². The Hall–Kier alpha value is -1.81. The fourth-order valence-electron chi connectivity index (χ4n) is 3.97. The zero-order chi connectivity index (χ0) is 21.7. The first-order valence-corrected chi connectivity index (χ1v) is 12.4. The number of nitrogens with zero attached hydrogens (tertiary/aromatic N) is 2. The first-order valence-electron chi connectivity index (χ1n) is 10.2. The summed E-state index contributed by atoms with van der Waals surface area (Å²) < 4.78 is 12.9. The van der Waals surface area contributed by atoms with Gasteiger partial charge in [0.05, 0.1) is 0 Å². The number of nitrogens with two attached hydrogens (primary N) is 1. The third-order valence-electron chi connectivity index (χ3n) is 5.78. The quantitative estimate of drug-likeness (QED) is 0.470. The van der Waals surface area contributed by atoms with Crippen molar-refractivity contribution in [3.63, 3.8) is 0 Å². The zero-order valence-electron chi connectivity index (χ0n) is 17.1. The summed E-state index contributed by atoms with van der Waals surface area (Å²) in [4.78, 5) is 29.1. The SMILES string of the molecule is CN(CCCc1ccc(F)cc1)C1CC(C(N)=O)N(C(=O)[CH]([Pb])c2ccccc2)C1. The monoisotopic (exact) mass is 604 g/mol. The fourth-order valence-corrected chi connectivity index (χ4v) is 5.36. The molecule has 3 atom stereocenters. The summed E-state index contributed by atoms with van der Waals surface area (Å²) in [5.74, 6) is -0.664. The van der Waals surface area contributed by atoms with Gasteiger partial charge >= 0.3 is 183 Å². The number of amides is 2. The Morgan fingerprint density at radius 1 is 1.20 bits per heavy atom. The first-order chi connectivity index (χ1) is 14.4. The molecule has 3 unspecified atom stereocenters. The van der Waals surface area contributed by atoms with Crippen molar-refractivity contribution >= 4 is 37.6 Å². The van der Waals surface area contributed by atoms with Crippen LogP contribution in [0.4, 0.5) is 4.39 Å². The van der Waals surface area contributed by atoms with Gasteiger partial charge in [-0.15, -0.1) is 0 Å². The van der Waals surface area contributed by atoms with Crippen LogP contribution in [0.5, 0.6) is 0 Å². The normalized spacial score (nSPS) is 19.8. The van der Waals surface area contributed by atoms with Gasteiger partial charge in [-0.1, -0.05) is 0 Å². The van der Waals surface area contributed by atoms with E-state index in [0.717, 1.165) is 30.5 Å². The van der Waals surface area contributed by atoms with E-state index in [2.05, 4.69) is 4.90 Å². The maximum atomic E-state index is 13.2. The van der Waals surface area contributed by atoms with Crippen molar-refractivity contribution in [3.05, 3.63) is 71.5 Å². The van der Waals surface area contributed by atoms with E-state index >= 15 is 0 Å². The van der Waals surface area contributed by atoms with Crippen molar-refractivity contribution in [1.82, 2.24) is 9.80 Å². The molecule has 0 aliphatic carbocycles. The number of halogens is 1. The number of hydrogen-bond acceptors (Lipinski definition) is 3. The van der Waals surface area contributed by atoms with Crippen LogP contribution in [-0.2, 0) is 16.0 Å². The molecule has 0 spiro atoms. The van der Waals surface area contributed by atoms with Gasteiger partial charge < -0.3 is 0 Å². The molecule has 1 saturated heterocycles. The summed E-state index contributed by atoms with van der Waals surface area (Å²) in [6, 6.07) is 15.8. The average molecular weight is 604 g/mol. The van der Waals surface area contributed by atoms with Crippen molar-refractivity contribution in [1.29, 1.82) is 0 Å².